The van der Waals surface area contributed by atoms with Gasteiger partial charge in [0.15, 0.2) is 0 Å². The van der Waals surface area contributed by atoms with Gasteiger partial charge in [0.2, 0.25) is 0 Å². The Kier molecular flexibility index (Phi) is 6.21. The molecule has 1 aromatic carbocycles. The summed E-state index contributed by atoms with van der Waals surface area (Å²) in [6.07, 6.45) is -2.78. The maximum Gasteiger partial charge on any atom is 0.490 e. The summed E-state index contributed by atoms with van der Waals surface area (Å²) < 4.78 is 36.4. The zero-order valence-corrected chi connectivity index (χ0v) is 11.9. The summed E-state index contributed by atoms with van der Waals surface area (Å²) in [7, 11) is 1.43. The Labute approximate surface area is 125 Å². The molecule has 122 valence electrons. The third kappa shape index (κ3) is 5.27. The van der Waals surface area contributed by atoms with E-state index in [1.165, 1.54) is 23.9 Å². The molecule has 0 atom stereocenters. The first-order valence-electron chi connectivity index (χ1n) is 6.47. The number of anilines is 1. The summed E-state index contributed by atoms with van der Waals surface area (Å²) in [5.41, 5.74) is 3.85. The molecule has 0 aliphatic carbocycles. The van der Waals surface area contributed by atoms with Gasteiger partial charge in [0.05, 0.1) is 7.11 Å². The summed E-state index contributed by atoms with van der Waals surface area (Å²) in [6, 6.07) is 6.21. The molecule has 2 N–H and O–H groups in total. The third-order valence-electron chi connectivity index (χ3n) is 3.03. The van der Waals surface area contributed by atoms with Gasteiger partial charge in [-0.25, -0.2) is 4.79 Å². The van der Waals surface area contributed by atoms with Crippen molar-refractivity contribution in [3.63, 3.8) is 0 Å². The van der Waals surface area contributed by atoms with Gasteiger partial charge in [-0.05, 0) is 30.0 Å². The van der Waals surface area contributed by atoms with E-state index < -0.39 is 12.1 Å². The standard InChI is InChI=1S/C12H15NO2.C2HF3O2/c1-15-12(14)6-5-9-3-2-4-11-10(9)7-8-13-11;3-2(4,5)1(6)7/h2-4,13H,5-8H2,1H3;(H,6,7). The van der Waals surface area contributed by atoms with Crippen molar-refractivity contribution in [2.45, 2.75) is 25.4 Å². The summed E-state index contributed by atoms with van der Waals surface area (Å²) in [4.78, 5) is 19.9. The fourth-order valence-electron chi connectivity index (χ4n) is 1.99. The highest BCUT2D eigenvalue weighted by Crippen LogP contribution is 2.26. The van der Waals surface area contributed by atoms with E-state index in [9.17, 15) is 18.0 Å². The monoisotopic (exact) mass is 319 g/mol. The number of rotatable bonds is 3. The molecule has 1 aliphatic rings. The first-order valence-corrected chi connectivity index (χ1v) is 6.47. The van der Waals surface area contributed by atoms with Crippen LogP contribution in [0, 0.1) is 0 Å². The Bertz CT molecular complexity index is 543. The number of hydrogen-bond donors (Lipinski definition) is 2. The van der Waals surface area contributed by atoms with Gasteiger partial charge >= 0.3 is 18.1 Å². The van der Waals surface area contributed by atoms with Gasteiger partial charge in [-0.1, -0.05) is 12.1 Å². The number of esters is 1. The van der Waals surface area contributed by atoms with Crippen LogP contribution in [0.2, 0.25) is 0 Å². The van der Waals surface area contributed by atoms with Gasteiger partial charge < -0.3 is 15.2 Å². The van der Waals surface area contributed by atoms with Crippen molar-refractivity contribution in [1.82, 2.24) is 0 Å². The molecule has 0 aromatic heterocycles. The normalized spacial score (nSPS) is 12.5. The molecule has 1 aromatic rings. The molecule has 8 heteroatoms. The Morgan fingerprint density at radius 3 is 2.55 bits per heavy atom. The molecule has 0 spiro atoms. The van der Waals surface area contributed by atoms with Crippen LogP contribution in [0.3, 0.4) is 0 Å². The molecule has 0 saturated heterocycles. The number of fused-ring (bicyclic) bond motifs is 1. The predicted molar refractivity (Wildman–Crippen MR) is 72.7 cm³/mol. The Hall–Kier alpha value is -2.25. The number of ether oxygens (including phenoxy) is 1. The molecule has 0 radical (unpaired) electrons. The van der Waals surface area contributed by atoms with Crippen LogP contribution < -0.4 is 5.32 Å². The van der Waals surface area contributed by atoms with E-state index in [4.69, 9.17) is 9.90 Å². The second-order valence-electron chi connectivity index (χ2n) is 4.50. The van der Waals surface area contributed by atoms with Crippen molar-refractivity contribution in [1.29, 1.82) is 0 Å². The first-order chi connectivity index (χ1) is 10.3. The van der Waals surface area contributed by atoms with Crippen molar-refractivity contribution in [2.24, 2.45) is 0 Å². The van der Waals surface area contributed by atoms with Crippen LogP contribution in [-0.4, -0.2) is 36.9 Å². The largest absolute Gasteiger partial charge is 0.490 e. The number of halogens is 3. The lowest BCUT2D eigenvalue weighted by atomic mass is 10.0. The fourth-order valence-corrected chi connectivity index (χ4v) is 1.99. The minimum Gasteiger partial charge on any atom is -0.475 e. The number of carboxylic acid groups (broad SMARTS) is 1. The molecule has 1 heterocycles. The smallest absolute Gasteiger partial charge is 0.475 e. The molecule has 0 amide bonds. The van der Waals surface area contributed by atoms with E-state index in [1.807, 2.05) is 6.07 Å². The zero-order chi connectivity index (χ0) is 16.8. The van der Waals surface area contributed by atoms with E-state index >= 15 is 0 Å². The number of aryl methyl sites for hydroxylation is 1. The predicted octanol–water partition coefficient (Wildman–Crippen LogP) is 2.39. The summed E-state index contributed by atoms with van der Waals surface area (Å²) in [5, 5.41) is 10.5. The molecule has 0 unspecified atom stereocenters. The lowest BCUT2D eigenvalue weighted by Crippen LogP contribution is -2.21. The molecule has 0 fully saturated rings. The van der Waals surface area contributed by atoms with Gasteiger partial charge in [0, 0.05) is 18.7 Å². The number of nitrogens with one attached hydrogen (secondary N) is 1. The third-order valence-corrected chi connectivity index (χ3v) is 3.03. The van der Waals surface area contributed by atoms with Crippen LogP contribution in [0.4, 0.5) is 18.9 Å². The molecule has 1 aliphatic heterocycles. The fraction of sp³-hybridized carbons (Fsp3) is 0.429. The van der Waals surface area contributed by atoms with Gasteiger partial charge in [0.25, 0.3) is 0 Å². The first kappa shape index (κ1) is 17.8. The van der Waals surface area contributed by atoms with E-state index in [-0.39, 0.29) is 5.97 Å². The lowest BCUT2D eigenvalue weighted by molar-refractivity contribution is -0.192. The Balaban J connectivity index is 0.000000295. The number of aliphatic carboxylic acids is 1. The second kappa shape index (κ2) is 7.67. The number of carboxylic acids is 1. The highest BCUT2D eigenvalue weighted by molar-refractivity contribution is 5.73. The van der Waals surface area contributed by atoms with Crippen molar-refractivity contribution in [2.75, 3.05) is 19.0 Å². The molecule has 22 heavy (non-hydrogen) atoms. The molecular weight excluding hydrogens is 303 g/mol. The molecule has 5 nitrogen and oxygen atoms in total. The maximum atomic E-state index is 11.0. The van der Waals surface area contributed by atoms with Crippen LogP contribution in [0.5, 0.6) is 0 Å². The van der Waals surface area contributed by atoms with Crippen LogP contribution in [0.25, 0.3) is 0 Å². The minimum atomic E-state index is -5.08. The van der Waals surface area contributed by atoms with Gasteiger partial charge in [-0.3, -0.25) is 4.79 Å². The topological polar surface area (TPSA) is 75.6 Å². The van der Waals surface area contributed by atoms with Gasteiger partial charge in [0.1, 0.15) is 0 Å². The van der Waals surface area contributed by atoms with E-state index in [2.05, 4.69) is 22.2 Å². The number of alkyl halides is 3. The Morgan fingerprint density at radius 1 is 1.36 bits per heavy atom. The average Bonchev–Trinajstić information content (AvgIpc) is 2.93. The summed E-state index contributed by atoms with van der Waals surface area (Å²) >= 11 is 0. The molecule has 0 bridgehead atoms. The highest BCUT2D eigenvalue weighted by Gasteiger charge is 2.38. The lowest BCUT2D eigenvalue weighted by Gasteiger charge is -2.06. The SMILES string of the molecule is COC(=O)CCc1cccc2c1CCN2.O=C(O)C(F)(F)F. The molecular formula is C14H16F3NO4. The maximum absolute atomic E-state index is 11.0. The van der Waals surface area contributed by atoms with Crippen molar-refractivity contribution >= 4 is 17.6 Å². The van der Waals surface area contributed by atoms with Crippen LogP contribution in [-0.2, 0) is 27.2 Å². The number of methoxy groups -OCH3 is 1. The van der Waals surface area contributed by atoms with Crippen LogP contribution in [0.15, 0.2) is 18.2 Å². The van der Waals surface area contributed by atoms with Crippen molar-refractivity contribution in [3.8, 4) is 0 Å². The van der Waals surface area contributed by atoms with Crippen molar-refractivity contribution < 1.29 is 32.6 Å². The van der Waals surface area contributed by atoms with Crippen molar-refractivity contribution in [3.05, 3.63) is 29.3 Å². The molecule has 0 saturated carbocycles. The van der Waals surface area contributed by atoms with E-state index in [0.29, 0.717) is 6.42 Å². The number of benzene rings is 1. The Morgan fingerprint density at radius 2 is 2.00 bits per heavy atom. The van der Waals surface area contributed by atoms with Crippen LogP contribution in [0.1, 0.15) is 17.5 Å². The van der Waals surface area contributed by atoms with Gasteiger partial charge in [-0.2, -0.15) is 13.2 Å². The molecule has 2 rings (SSSR count). The minimum absolute atomic E-state index is 0.140. The van der Waals surface area contributed by atoms with E-state index in [1.54, 1.807) is 0 Å². The zero-order valence-electron chi connectivity index (χ0n) is 11.9. The quantitative estimate of drug-likeness (QED) is 0.837. The summed E-state index contributed by atoms with van der Waals surface area (Å²) in [5.74, 6) is -2.90. The number of carbonyl (C=O) groups is 2. The van der Waals surface area contributed by atoms with Crippen LogP contribution >= 0.6 is 0 Å². The average molecular weight is 319 g/mol. The number of carbonyl (C=O) groups excluding carboxylic acids is 1. The van der Waals surface area contributed by atoms with Gasteiger partial charge in [-0.15, -0.1) is 0 Å². The number of hydrogen-bond acceptors (Lipinski definition) is 4. The van der Waals surface area contributed by atoms with E-state index in [0.717, 1.165) is 19.4 Å². The second-order valence-corrected chi connectivity index (χ2v) is 4.50. The summed E-state index contributed by atoms with van der Waals surface area (Å²) in [6.45, 7) is 1.00. The highest BCUT2D eigenvalue weighted by atomic mass is 19.4.